The van der Waals surface area contributed by atoms with Crippen molar-refractivity contribution in [3.05, 3.63) is 209 Å². The van der Waals surface area contributed by atoms with E-state index in [-0.39, 0.29) is 0 Å². The summed E-state index contributed by atoms with van der Waals surface area (Å²) in [5, 5.41) is 7.81. The van der Waals surface area contributed by atoms with Crippen molar-refractivity contribution < 1.29 is 0 Å². The van der Waals surface area contributed by atoms with Crippen molar-refractivity contribution in [2.45, 2.75) is 19.3 Å². The van der Waals surface area contributed by atoms with Crippen molar-refractivity contribution in [1.29, 1.82) is 0 Å². The van der Waals surface area contributed by atoms with Crippen LogP contribution in [0.3, 0.4) is 0 Å². The monoisotopic (exact) mass is 661 g/mol. The highest BCUT2D eigenvalue weighted by Gasteiger charge is 2.52. The summed E-state index contributed by atoms with van der Waals surface area (Å²) in [5.74, 6) is 0. The SMILES string of the molecule is Cc1ccc(N(c2ccc(C)cc2)c2ccc3c(c2)-c2cc4c5ccccc5c5ccccc5c4cc2C32c3ccccc3-c3ccccc32)cc1. The van der Waals surface area contributed by atoms with Gasteiger partial charge < -0.3 is 4.90 Å². The fourth-order valence-corrected chi connectivity index (χ4v) is 9.50. The lowest BCUT2D eigenvalue weighted by atomic mass is 9.70. The maximum absolute atomic E-state index is 2.55. The summed E-state index contributed by atoms with van der Waals surface area (Å²) in [5.41, 5.74) is 16.2. The summed E-state index contributed by atoms with van der Waals surface area (Å²) in [6, 6.07) is 66.2. The molecule has 1 spiro atoms. The zero-order chi connectivity index (χ0) is 34.6. The molecule has 2 aliphatic carbocycles. The van der Waals surface area contributed by atoms with Crippen LogP contribution in [-0.2, 0) is 5.41 Å². The highest BCUT2D eigenvalue weighted by molar-refractivity contribution is 6.26. The van der Waals surface area contributed by atoms with Crippen molar-refractivity contribution >= 4 is 49.4 Å². The van der Waals surface area contributed by atoms with Crippen LogP contribution in [0.25, 0.3) is 54.6 Å². The van der Waals surface area contributed by atoms with Gasteiger partial charge in [0.2, 0.25) is 0 Å². The van der Waals surface area contributed by atoms with Crippen LogP contribution in [0.15, 0.2) is 176 Å². The van der Waals surface area contributed by atoms with Crippen molar-refractivity contribution in [2.75, 3.05) is 4.90 Å². The number of benzene rings is 9. The van der Waals surface area contributed by atoms with Crippen molar-refractivity contribution in [2.24, 2.45) is 0 Å². The minimum Gasteiger partial charge on any atom is -0.310 e. The summed E-state index contributed by atoms with van der Waals surface area (Å²) in [7, 11) is 0. The number of aryl methyl sites for hydroxylation is 2. The zero-order valence-electron chi connectivity index (χ0n) is 29.2. The minimum atomic E-state index is -0.435. The first-order chi connectivity index (χ1) is 25.6. The Bertz CT molecular complexity index is 2820. The second-order valence-corrected chi connectivity index (χ2v) is 14.6. The van der Waals surface area contributed by atoms with Crippen LogP contribution in [0.2, 0.25) is 0 Å². The topological polar surface area (TPSA) is 3.24 Å². The summed E-state index contributed by atoms with van der Waals surface area (Å²) in [6.07, 6.45) is 0. The van der Waals surface area contributed by atoms with Gasteiger partial charge in [0.1, 0.15) is 0 Å². The highest BCUT2D eigenvalue weighted by Crippen LogP contribution is 2.64. The highest BCUT2D eigenvalue weighted by atomic mass is 15.1. The first kappa shape index (κ1) is 29.3. The number of rotatable bonds is 3. The van der Waals surface area contributed by atoms with Gasteiger partial charge in [0.25, 0.3) is 0 Å². The van der Waals surface area contributed by atoms with Gasteiger partial charge in [-0.1, -0.05) is 139 Å². The third-order valence-corrected chi connectivity index (χ3v) is 11.8. The van der Waals surface area contributed by atoms with E-state index in [9.17, 15) is 0 Å². The zero-order valence-corrected chi connectivity index (χ0v) is 29.2. The molecule has 0 atom stereocenters. The molecule has 0 amide bonds. The molecule has 1 nitrogen and oxygen atoms in total. The number of hydrogen-bond donors (Lipinski definition) is 0. The van der Waals surface area contributed by atoms with E-state index in [1.807, 2.05) is 0 Å². The average Bonchev–Trinajstić information content (AvgIpc) is 3.65. The molecule has 244 valence electrons. The Morgan fingerprint density at radius 1 is 0.308 bits per heavy atom. The Kier molecular flexibility index (Phi) is 6.08. The lowest BCUT2D eigenvalue weighted by Crippen LogP contribution is -2.26. The largest absolute Gasteiger partial charge is 0.310 e. The van der Waals surface area contributed by atoms with Crippen LogP contribution in [0.4, 0.5) is 17.1 Å². The van der Waals surface area contributed by atoms with Crippen LogP contribution in [0.1, 0.15) is 33.4 Å². The molecule has 52 heavy (non-hydrogen) atoms. The van der Waals surface area contributed by atoms with E-state index in [0.29, 0.717) is 0 Å². The lowest BCUT2D eigenvalue weighted by Gasteiger charge is -2.31. The van der Waals surface area contributed by atoms with E-state index >= 15 is 0 Å². The van der Waals surface area contributed by atoms with Crippen LogP contribution in [-0.4, -0.2) is 0 Å². The predicted molar refractivity (Wildman–Crippen MR) is 219 cm³/mol. The molecule has 0 saturated carbocycles. The lowest BCUT2D eigenvalue weighted by molar-refractivity contribution is 0.795. The maximum Gasteiger partial charge on any atom is 0.0725 e. The van der Waals surface area contributed by atoms with Crippen molar-refractivity contribution in [3.63, 3.8) is 0 Å². The Balaban J connectivity index is 1.28. The van der Waals surface area contributed by atoms with Gasteiger partial charge in [-0.25, -0.2) is 0 Å². The van der Waals surface area contributed by atoms with Crippen LogP contribution < -0.4 is 4.90 Å². The first-order valence-electron chi connectivity index (χ1n) is 18.3. The van der Waals surface area contributed by atoms with Crippen LogP contribution in [0, 0.1) is 13.8 Å². The Hall–Kier alpha value is -6.44. The summed E-state index contributed by atoms with van der Waals surface area (Å²) < 4.78 is 0. The molecule has 0 aromatic heterocycles. The van der Waals surface area contributed by atoms with E-state index < -0.39 is 5.41 Å². The third kappa shape index (κ3) is 3.88. The van der Waals surface area contributed by atoms with E-state index in [2.05, 4.69) is 195 Å². The number of nitrogens with zero attached hydrogens (tertiary/aromatic N) is 1. The molecule has 9 aromatic carbocycles. The Labute approximate surface area is 304 Å². The van der Waals surface area contributed by atoms with E-state index in [0.717, 1.165) is 17.1 Å². The number of fused-ring (bicyclic) bond motifs is 16. The van der Waals surface area contributed by atoms with E-state index in [1.54, 1.807) is 0 Å². The molecule has 0 N–H and O–H groups in total. The van der Waals surface area contributed by atoms with E-state index in [1.165, 1.54) is 88.0 Å². The maximum atomic E-state index is 2.55. The fraction of sp³-hybridized carbons (Fsp3) is 0.0588. The predicted octanol–water partition coefficient (Wildman–Crippen LogP) is 13.6. The summed E-state index contributed by atoms with van der Waals surface area (Å²) in [6.45, 7) is 4.31. The van der Waals surface area contributed by atoms with Crippen LogP contribution in [0.5, 0.6) is 0 Å². The minimum absolute atomic E-state index is 0.435. The van der Waals surface area contributed by atoms with Crippen molar-refractivity contribution in [3.8, 4) is 22.3 Å². The molecular formula is C51H35N. The van der Waals surface area contributed by atoms with Gasteiger partial charge in [-0.05, 0) is 139 Å². The quantitative estimate of drug-likeness (QED) is 0.170. The van der Waals surface area contributed by atoms with Crippen molar-refractivity contribution in [1.82, 2.24) is 0 Å². The molecule has 1 heteroatoms. The smallest absolute Gasteiger partial charge is 0.0725 e. The van der Waals surface area contributed by atoms with Gasteiger partial charge >= 0.3 is 0 Å². The second kappa shape index (κ2) is 10.8. The molecule has 0 fully saturated rings. The second-order valence-electron chi connectivity index (χ2n) is 14.6. The van der Waals surface area contributed by atoms with Gasteiger partial charge in [0.05, 0.1) is 5.41 Å². The number of anilines is 3. The Morgan fingerprint density at radius 3 is 1.25 bits per heavy atom. The van der Waals surface area contributed by atoms with Gasteiger partial charge in [-0.15, -0.1) is 0 Å². The average molecular weight is 662 g/mol. The molecule has 0 saturated heterocycles. The molecular weight excluding hydrogens is 627 g/mol. The van der Waals surface area contributed by atoms with Crippen LogP contribution >= 0.6 is 0 Å². The molecule has 0 unspecified atom stereocenters. The van der Waals surface area contributed by atoms with E-state index in [4.69, 9.17) is 0 Å². The van der Waals surface area contributed by atoms with Gasteiger partial charge in [0.15, 0.2) is 0 Å². The van der Waals surface area contributed by atoms with Gasteiger partial charge in [-0.3, -0.25) is 0 Å². The first-order valence-corrected chi connectivity index (χ1v) is 18.3. The standard InChI is InChI=1S/C51H35N/c1-32-19-23-34(24-20-32)52(35-25-21-33(2)22-26-35)36-27-28-49-45(29-36)46-30-43-39-13-5-3-11-37(39)38-12-4-6-14-40(38)44(43)31-50(46)51(49)47-17-9-7-15-41(47)42-16-8-10-18-48(42)51/h3-31H,1-2H3. The molecule has 11 rings (SSSR count). The molecule has 0 aliphatic heterocycles. The summed E-state index contributed by atoms with van der Waals surface area (Å²) >= 11 is 0. The van der Waals surface area contributed by atoms with Gasteiger partial charge in [-0.2, -0.15) is 0 Å². The molecule has 0 heterocycles. The molecule has 9 aromatic rings. The normalized spacial score (nSPS) is 13.3. The Morgan fingerprint density at radius 2 is 0.712 bits per heavy atom. The number of hydrogen-bond acceptors (Lipinski definition) is 1. The molecule has 0 bridgehead atoms. The fourth-order valence-electron chi connectivity index (χ4n) is 9.50. The van der Waals surface area contributed by atoms with Gasteiger partial charge in [0, 0.05) is 17.1 Å². The summed E-state index contributed by atoms with van der Waals surface area (Å²) in [4.78, 5) is 2.41. The third-order valence-electron chi connectivity index (χ3n) is 11.8. The molecule has 0 radical (unpaired) electrons. The molecule has 2 aliphatic rings.